The van der Waals surface area contributed by atoms with Crippen LogP contribution in [0.5, 0.6) is 0 Å². The van der Waals surface area contributed by atoms with Gasteiger partial charge in [-0.1, -0.05) is 0 Å². The highest BCUT2D eigenvalue weighted by molar-refractivity contribution is 7.11. The van der Waals surface area contributed by atoms with Gasteiger partial charge in [0.2, 0.25) is 5.91 Å². The van der Waals surface area contributed by atoms with Crippen LogP contribution in [0.1, 0.15) is 28.4 Å². The minimum absolute atomic E-state index is 0.144. The third kappa shape index (κ3) is 2.92. The highest BCUT2D eigenvalue weighted by Crippen LogP contribution is 2.41. The molecule has 6 heteroatoms. The van der Waals surface area contributed by atoms with E-state index in [2.05, 4.69) is 23.7 Å². The number of hydrogen-bond acceptors (Lipinski definition) is 5. The lowest BCUT2D eigenvalue weighted by molar-refractivity contribution is -0.136. The van der Waals surface area contributed by atoms with Crippen LogP contribution in [-0.2, 0) is 16.1 Å². The quantitative estimate of drug-likeness (QED) is 0.829. The van der Waals surface area contributed by atoms with Gasteiger partial charge in [0, 0.05) is 31.6 Å². The summed E-state index contributed by atoms with van der Waals surface area (Å²) in [5, 5.41) is 1.17. The van der Waals surface area contributed by atoms with Crippen LogP contribution in [0.15, 0.2) is 0 Å². The van der Waals surface area contributed by atoms with Crippen molar-refractivity contribution in [1.29, 1.82) is 0 Å². The van der Waals surface area contributed by atoms with E-state index in [4.69, 9.17) is 4.74 Å². The highest BCUT2D eigenvalue weighted by Gasteiger charge is 2.50. The Bertz CT molecular complexity index is 540. The Kier molecular flexibility index (Phi) is 4.52. The molecule has 3 rings (SSSR count). The summed E-state index contributed by atoms with van der Waals surface area (Å²) in [7, 11) is 1.69. The zero-order chi connectivity index (χ0) is 15.7. The summed E-state index contributed by atoms with van der Waals surface area (Å²) >= 11 is 1.78. The number of amides is 1. The minimum Gasteiger partial charge on any atom is -0.383 e. The van der Waals surface area contributed by atoms with Crippen LogP contribution in [0.4, 0.5) is 0 Å². The van der Waals surface area contributed by atoms with Gasteiger partial charge in [0.05, 0.1) is 24.3 Å². The molecule has 0 N–H and O–H groups in total. The lowest BCUT2D eigenvalue weighted by atomic mass is 9.85. The summed E-state index contributed by atoms with van der Waals surface area (Å²) in [6.07, 6.45) is 1.97. The molecular formula is C16H25N3O2S. The largest absolute Gasteiger partial charge is 0.383 e. The fourth-order valence-electron chi connectivity index (χ4n) is 3.58. The van der Waals surface area contributed by atoms with E-state index in [0.29, 0.717) is 12.5 Å². The van der Waals surface area contributed by atoms with Gasteiger partial charge in [0.1, 0.15) is 5.01 Å². The second-order valence-electron chi connectivity index (χ2n) is 6.53. The Morgan fingerprint density at radius 3 is 2.77 bits per heavy atom. The summed E-state index contributed by atoms with van der Waals surface area (Å²) in [5.41, 5.74) is 0.992. The molecule has 0 saturated carbocycles. The first kappa shape index (κ1) is 15.9. The number of carbonyl (C=O) groups excluding carboxylic acids is 1. The van der Waals surface area contributed by atoms with Crippen molar-refractivity contribution >= 4 is 17.2 Å². The van der Waals surface area contributed by atoms with Gasteiger partial charge in [0.15, 0.2) is 0 Å². The molecule has 2 aliphatic heterocycles. The van der Waals surface area contributed by atoms with Crippen molar-refractivity contribution in [2.45, 2.75) is 33.2 Å². The molecule has 1 spiro atoms. The number of ether oxygens (including phenoxy) is 1. The molecule has 5 nitrogen and oxygen atoms in total. The molecule has 22 heavy (non-hydrogen) atoms. The Hall–Kier alpha value is -0.980. The smallest absolute Gasteiger partial charge is 0.230 e. The first-order chi connectivity index (χ1) is 10.5. The van der Waals surface area contributed by atoms with Crippen LogP contribution in [0, 0.1) is 19.3 Å². The average molecular weight is 323 g/mol. The molecule has 3 heterocycles. The third-order valence-corrected chi connectivity index (χ3v) is 6.09. The standard InChI is InChI=1S/C16H25N3O2S/c1-12-13(2)22-14(17-12)10-18-6-4-16(11-18)5-7-19(15(16)20)8-9-21-3/h4-11H2,1-3H3. The SMILES string of the molecule is COCCN1CCC2(CCN(Cc3nc(C)c(C)s3)C2)C1=O. The van der Waals surface area contributed by atoms with Crippen LogP contribution in [0.25, 0.3) is 0 Å². The molecule has 1 amide bonds. The molecule has 1 atom stereocenters. The predicted octanol–water partition coefficient (Wildman–Crippen LogP) is 1.83. The van der Waals surface area contributed by atoms with Crippen molar-refractivity contribution in [1.82, 2.24) is 14.8 Å². The van der Waals surface area contributed by atoms with E-state index >= 15 is 0 Å². The van der Waals surface area contributed by atoms with E-state index in [1.807, 2.05) is 4.90 Å². The zero-order valence-electron chi connectivity index (χ0n) is 13.7. The van der Waals surface area contributed by atoms with E-state index in [1.54, 1.807) is 18.4 Å². The number of carbonyl (C=O) groups is 1. The number of aromatic nitrogens is 1. The lowest BCUT2D eigenvalue weighted by Gasteiger charge is -2.23. The van der Waals surface area contributed by atoms with E-state index in [-0.39, 0.29) is 5.41 Å². The summed E-state index contributed by atoms with van der Waals surface area (Å²) < 4.78 is 5.11. The number of rotatable bonds is 5. The summed E-state index contributed by atoms with van der Waals surface area (Å²) in [5.74, 6) is 0.332. The molecule has 0 bridgehead atoms. The van der Waals surface area contributed by atoms with Crippen molar-refractivity contribution in [2.75, 3.05) is 39.9 Å². The molecule has 122 valence electrons. The van der Waals surface area contributed by atoms with E-state index in [0.717, 1.165) is 51.3 Å². The molecule has 2 fully saturated rings. The first-order valence-electron chi connectivity index (χ1n) is 7.98. The Balaban J connectivity index is 1.61. The Morgan fingerprint density at radius 1 is 1.32 bits per heavy atom. The van der Waals surface area contributed by atoms with Gasteiger partial charge in [-0.3, -0.25) is 9.69 Å². The molecule has 1 unspecified atom stereocenters. The molecule has 0 radical (unpaired) electrons. The second kappa shape index (κ2) is 6.26. The first-order valence-corrected chi connectivity index (χ1v) is 8.79. The van der Waals surface area contributed by atoms with E-state index < -0.39 is 0 Å². The van der Waals surface area contributed by atoms with Crippen molar-refractivity contribution in [3.8, 4) is 0 Å². The van der Waals surface area contributed by atoms with Crippen LogP contribution in [-0.4, -0.2) is 60.6 Å². The summed E-state index contributed by atoms with van der Waals surface area (Å²) in [4.78, 5) is 23.0. The maximum absolute atomic E-state index is 12.7. The predicted molar refractivity (Wildman–Crippen MR) is 87.0 cm³/mol. The van der Waals surface area contributed by atoms with Gasteiger partial charge in [-0.15, -0.1) is 11.3 Å². The molecule has 0 aromatic carbocycles. The fourth-order valence-corrected chi connectivity index (χ4v) is 4.55. The van der Waals surface area contributed by atoms with Gasteiger partial charge in [-0.2, -0.15) is 0 Å². The average Bonchev–Trinajstić information content (AvgIpc) is 3.12. The maximum Gasteiger partial charge on any atom is 0.230 e. The zero-order valence-corrected chi connectivity index (χ0v) is 14.5. The van der Waals surface area contributed by atoms with Gasteiger partial charge < -0.3 is 9.64 Å². The summed E-state index contributed by atoms with van der Waals surface area (Å²) in [6.45, 7) is 9.18. The number of likely N-dealkylation sites (tertiary alicyclic amines) is 2. The normalized spacial score (nSPS) is 25.8. The van der Waals surface area contributed by atoms with Crippen LogP contribution < -0.4 is 0 Å². The lowest BCUT2D eigenvalue weighted by Crippen LogP contribution is -2.38. The molecule has 1 aromatic rings. The Labute approximate surface area is 136 Å². The maximum atomic E-state index is 12.7. The fraction of sp³-hybridized carbons (Fsp3) is 0.750. The summed E-state index contributed by atoms with van der Waals surface area (Å²) in [6, 6.07) is 0. The second-order valence-corrected chi connectivity index (χ2v) is 7.81. The van der Waals surface area contributed by atoms with E-state index in [9.17, 15) is 4.79 Å². The number of nitrogens with zero attached hydrogens (tertiary/aromatic N) is 3. The molecule has 0 aliphatic carbocycles. The number of methoxy groups -OCH3 is 1. The van der Waals surface area contributed by atoms with Crippen molar-refractivity contribution in [3.05, 3.63) is 15.6 Å². The van der Waals surface area contributed by atoms with Crippen LogP contribution in [0.3, 0.4) is 0 Å². The molecule has 2 saturated heterocycles. The van der Waals surface area contributed by atoms with Crippen molar-refractivity contribution in [2.24, 2.45) is 5.41 Å². The monoisotopic (exact) mass is 323 g/mol. The van der Waals surface area contributed by atoms with Crippen molar-refractivity contribution < 1.29 is 9.53 Å². The number of hydrogen-bond donors (Lipinski definition) is 0. The topological polar surface area (TPSA) is 45.7 Å². The number of thiazole rings is 1. The highest BCUT2D eigenvalue weighted by atomic mass is 32.1. The minimum atomic E-state index is -0.144. The van der Waals surface area contributed by atoms with E-state index in [1.165, 1.54) is 9.88 Å². The molecule has 1 aromatic heterocycles. The van der Waals surface area contributed by atoms with Gasteiger partial charge in [-0.25, -0.2) is 4.98 Å². The molecular weight excluding hydrogens is 298 g/mol. The number of aryl methyl sites for hydroxylation is 2. The van der Waals surface area contributed by atoms with Gasteiger partial charge >= 0.3 is 0 Å². The third-order valence-electron chi connectivity index (χ3n) is 5.03. The van der Waals surface area contributed by atoms with Crippen molar-refractivity contribution in [3.63, 3.8) is 0 Å². The molecule has 2 aliphatic rings. The van der Waals surface area contributed by atoms with Gasteiger partial charge in [-0.05, 0) is 33.2 Å². The Morgan fingerprint density at radius 2 is 2.09 bits per heavy atom. The van der Waals surface area contributed by atoms with Crippen LogP contribution in [0.2, 0.25) is 0 Å². The van der Waals surface area contributed by atoms with Gasteiger partial charge in [0.25, 0.3) is 0 Å². The van der Waals surface area contributed by atoms with Crippen LogP contribution >= 0.6 is 11.3 Å².